The highest BCUT2D eigenvalue weighted by Gasteiger charge is 2.20. The van der Waals surface area contributed by atoms with Gasteiger partial charge in [-0.3, -0.25) is 4.90 Å². The minimum Gasteiger partial charge on any atom is -0.495 e. The molecule has 0 saturated carbocycles. The fourth-order valence-electron chi connectivity index (χ4n) is 4.40. The first-order chi connectivity index (χ1) is 18.0. The predicted octanol–water partition coefficient (Wildman–Crippen LogP) is 5.48. The number of halogens is 3. The topological polar surface area (TPSA) is 80.1 Å². The van der Waals surface area contributed by atoms with Gasteiger partial charge in [0.2, 0.25) is 5.95 Å². The zero-order valence-corrected chi connectivity index (χ0v) is 20.9. The van der Waals surface area contributed by atoms with Gasteiger partial charge in [-0.1, -0.05) is 23.7 Å². The highest BCUT2D eigenvalue weighted by atomic mass is 35.5. The highest BCUT2D eigenvalue weighted by molar-refractivity contribution is 6.33. The molecule has 37 heavy (non-hydrogen) atoms. The van der Waals surface area contributed by atoms with Gasteiger partial charge in [-0.2, -0.15) is 10.1 Å². The Morgan fingerprint density at radius 3 is 2.57 bits per heavy atom. The van der Waals surface area contributed by atoms with Crippen molar-refractivity contribution in [2.75, 3.05) is 37.4 Å². The zero-order chi connectivity index (χ0) is 25.8. The Labute approximate surface area is 218 Å². The number of nitrogens with one attached hydrogen (secondary N) is 2. The molecule has 2 aromatic carbocycles. The van der Waals surface area contributed by atoms with E-state index < -0.39 is 6.43 Å². The smallest absolute Gasteiger partial charge is 0.251 e. The molecule has 3 heterocycles. The Bertz CT molecular complexity index is 1370. The van der Waals surface area contributed by atoms with Crippen LogP contribution in [0.2, 0.25) is 5.02 Å². The summed E-state index contributed by atoms with van der Waals surface area (Å²) >= 11 is 6.43. The average molecular weight is 526 g/mol. The standard InChI is InChI=1S/C26H26ClF2N7O/c1-37-23-14-18-8-12-35(16-24(28)29)11-7-17(18)13-21(23)33-26-30-15-19(27)25(34-26)32-20-5-2-3-6-22(20)36-10-4-9-31-36/h2-6,9-10,13-15,24H,7-8,11-12,16H2,1H3,(H2,30,32,33,34). The summed E-state index contributed by atoms with van der Waals surface area (Å²) < 4.78 is 33.2. The van der Waals surface area contributed by atoms with Crippen molar-refractivity contribution in [3.05, 3.63) is 77.2 Å². The summed E-state index contributed by atoms with van der Waals surface area (Å²) in [6.07, 6.45) is 4.09. The Morgan fingerprint density at radius 2 is 1.84 bits per heavy atom. The lowest BCUT2D eigenvalue weighted by molar-refractivity contribution is 0.0904. The van der Waals surface area contributed by atoms with Gasteiger partial charge in [-0.15, -0.1) is 0 Å². The Kier molecular flexibility index (Phi) is 7.47. The van der Waals surface area contributed by atoms with E-state index in [1.54, 1.807) is 22.9 Å². The number of methoxy groups -OCH3 is 1. The second-order valence-corrected chi connectivity index (χ2v) is 9.03. The van der Waals surface area contributed by atoms with Crippen molar-refractivity contribution in [2.45, 2.75) is 19.3 Å². The molecule has 11 heteroatoms. The van der Waals surface area contributed by atoms with E-state index in [0.717, 1.165) is 22.5 Å². The Hall–Kier alpha value is -3.76. The number of hydrogen-bond acceptors (Lipinski definition) is 7. The molecule has 0 bridgehead atoms. The van der Waals surface area contributed by atoms with Gasteiger partial charge in [-0.25, -0.2) is 18.4 Å². The summed E-state index contributed by atoms with van der Waals surface area (Å²) in [5.41, 5.74) is 4.47. The lowest BCUT2D eigenvalue weighted by Gasteiger charge is -2.18. The van der Waals surface area contributed by atoms with Crippen LogP contribution >= 0.6 is 11.6 Å². The van der Waals surface area contributed by atoms with Crippen LogP contribution < -0.4 is 15.4 Å². The number of para-hydroxylation sites is 2. The quantitative estimate of drug-likeness (QED) is 0.315. The van der Waals surface area contributed by atoms with Gasteiger partial charge >= 0.3 is 0 Å². The van der Waals surface area contributed by atoms with E-state index in [-0.39, 0.29) is 6.54 Å². The first-order valence-electron chi connectivity index (χ1n) is 11.9. The van der Waals surface area contributed by atoms with E-state index in [2.05, 4.69) is 25.7 Å². The number of aromatic nitrogens is 4. The van der Waals surface area contributed by atoms with Gasteiger partial charge in [0.05, 0.1) is 36.9 Å². The molecule has 0 fully saturated rings. The maximum atomic E-state index is 12.9. The van der Waals surface area contributed by atoms with Crippen LogP contribution in [0.1, 0.15) is 11.1 Å². The molecule has 0 amide bonds. The molecular formula is C26H26ClF2N7O. The van der Waals surface area contributed by atoms with Crippen molar-refractivity contribution >= 4 is 34.7 Å². The second kappa shape index (κ2) is 11.1. The van der Waals surface area contributed by atoms with Crippen LogP contribution in [0, 0.1) is 0 Å². The third-order valence-electron chi connectivity index (χ3n) is 6.21. The lowest BCUT2D eigenvalue weighted by Crippen LogP contribution is -2.31. The molecule has 4 aromatic rings. The van der Waals surface area contributed by atoms with Gasteiger partial charge < -0.3 is 15.4 Å². The number of alkyl halides is 2. The third-order valence-corrected chi connectivity index (χ3v) is 6.49. The number of nitrogens with zero attached hydrogens (tertiary/aromatic N) is 5. The van der Waals surface area contributed by atoms with Crippen molar-refractivity contribution in [1.82, 2.24) is 24.6 Å². The molecule has 0 radical (unpaired) electrons. The predicted molar refractivity (Wildman–Crippen MR) is 140 cm³/mol. The number of hydrogen-bond donors (Lipinski definition) is 2. The van der Waals surface area contributed by atoms with Crippen LogP contribution in [0.4, 0.5) is 31.9 Å². The molecule has 8 nitrogen and oxygen atoms in total. The fourth-order valence-corrected chi connectivity index (χ4v) is 4.54. The van der Waals surface area contributed by atoms with Crippen LogP contribution in [0.3, 0.4) is 0 Å². The molecule has 5 rings (SSSR count). The summed E-state index contributed by atoms with van der Waals surface area (Å²) in [5.74, 6) is 1.38. The average Bonchev–Trinajstić information content (AvgIpc) is 3.36. The summed E-state index contributed by atoms with van der Waals surface area (Å²) in [6.45, 7) is 0.945. The maximum Gasteiger partial charge on any atom is 0.251 e. The monoisotopic (exact) mass is 525 g/mol. The molecular weight excluding hydrogens is 500 g/mol. The molecule has 0 atom stereocenters. The first kappa shape index (κ1) is 24.9. The van der Waals surface area contributed by atoms with Crippen molar-refractivity contribution in [3.8, 4) is 11.4 Å². The Morgan fingerprint density at radius 1 is 1.05 bits per heavy atom. The molecule has 0 aliphatic carbocycles. The van der Waals surface area contributed by atoms with Crippen molar-refractivity contribution in [2.24, 2.45) is 0 Å². The summed E-state index contributed by atoms with van der Waals surface area (Å²) in [4.78, 5) is 10.7. The summed E-state index contributed by atoms with van der Waals surface area (Å²) in [7, 11) is 1.59. The summed E-state index contributed by atoms with van der Waals surface area (Å²) in [5, 5.41) is 11.2. The van der Waals surface area contributed by atoms with E-state index in [1.807, 2.05) is 48.7 Å². The maximum absolute atomic E-state index is 12.9. The lowest BCUT2D eigenvalue weighted by atomic mass is 10.0. The number of fused-ring (bicyclic) bond motifs is 1. The fraction of sp³-hybridized carbons (Fsp3) is 0.269. The van der Waals surface area contributed by atoms with Gasteiger partial charge in [0.15, 0.2) is 5.82 Å². The minimum atomic E-state index is -2.34. The van der Waals surface area contributed by atoms with Crippen LogP contribution in [0.5, 0.6) is 5.75 Å². The van der Waals surface area contributed by atoms with E-state index in [9.17, 15) is 8.78 Å². The number of benzene rings is 2. The van der Waals surface area contributed by atoms with Gasteiger partial charge in [0, 0.05) is 25.5 Å². The first-order valence-corrected chi connectivity index (χ1v) is 12.2. The van der Waals surface area contributed by atoms with E-state index in [1.165, 1.54) is 6.20 Å². The van der Waals surface area contributed by atoms with Crippen LogP contribution in [-0.2, 0) is 12.8 Å². The second-order valence-electron chi connectivity index (χ2n) is 8.62. The van der Waals surface area contributed by atoms with Crippen LogP contribution in [0.15, 0.2) is 61.1 Å². The minimum absolute atomic E-state index is 0.214. The molecule has 2 N–H and O–H groups in total. The molecule has 0 saturated heterocycles. The molecule has 1 aliphatic rings. The van der Waals surface area contributed by atoms with Crippen molar-refractivity contribution < 1.29 is 13.5 Å². The molecule has 0 spiro atoms. The number of rotatable bonds is 8. The number of ether oxygens (including phenoxy) is 1. The highest BCUT2D eigenvalue weighted by Crippen LogP contribution is 2.33. The molecule has 1 aliphatic heterocycles. The largest absolute Gasteiger partial charge is 0.495 e. The number of anilines is 4. The normalized spacial score (nSPS) is 13.8. The van der Waals surface area contributed by atoms with Crippen molar-refractivity contribution in [1.29, 1.82) is 0 Å². The van der Waals surface area contributed by atoms with Crippen LogP contribution in [0.25, 0.3) is 5.69 Å². The molecule has 192 valence electrons. The van der Waals surface area contributed by atoms with E-state index in [4.69, 9.17) is 16.3 Å². The molecule has 2 aromatic heterocycles. The van der Waals surface area contributed by atoms with Gasteiger partial charge in [0.25, 0.3) is 6.43 Å². The van der Waals surface area contributed by atoms with Gasteiger partial charge in [-0.05, 0) is 54.3 Å². The van der Waals surface area contributed by atoms with Crippen molar-refractivity contribution in [3.63, 3.8) is 0 Å². The molecule has 0 unspecified atom stereocenters. The van der Waals surface area contributed by atoms with Crippen LogP contribution in [-0.4, -0.2) is 57.8 Å². The van der Waals surface area contributed by atoms with E-state index >= 15 is 0 Å². The Balaban J connectivity index is 1.39. The van der Waals surface area contributed by atoms with E-state index in [0.29, 0.717) is 54.2 Å². The zero-order valence-electron chi connectivity index (χ0n) is 20.2. The van der Waals surface area contributed by atoms with Gasteiger partial charge in [0.1, 0.15) is 10.8 Å². The SMILES string of the molecule is COc1cc2c(cc1Nc1ncc(Cl)c(Nc3ccccc3-n3cccn3)n1)CCN(CC(F)F)CC2. The summed E-state index contributed by atoms with van der Waals surface area (Å²) in [6, 6.07) is 13.5. The third kappa shape index (κ3) is 5.81.